The molecule has 0 unspecified atom stereocenters. The normalized spacial score (nSPS) is 22.1. The minimum absolute atomic E-state index is 0.0463. The van der Waals surface area contributed by atoms with E-state index in [1.165, 1.54) is 0 Å². The Labute approximate surface area is 97.2 Å². The van der Waals surface area contributed by atoms with Gasteiger partial charge in [0.15, 0.2) is 0 Å². The summed E-state index contributed by atoms with van der Waals surface area (Å²) in [6.45, 7) is 6.76. The first kappa shape index (κ1) is 12.8. The number of amides is 1. The average molecular weight is 224 g/mol. The third kappa shape index (κ3) is 4.09. The summed E-state index contributed by atoms with van der Waals surface area (Å²) in [4.78, 5) is 13.5. The zero-order valence-corrected chi connectivity index (χ0v) is 10.3. The summed E-state index contributed by atoms with van der Waals surface area (Å²) in [6.07, 6.45) is 2.56. The van der Waals surface area contributed by atoms with Crippen molar-refractivity contribution in [2.45, 2.75) is 45.6 Å². The molecule has 4 nitrogen and oxygen atoms in total. The van der Waals surface area contributed by atoms with Crippen LogP contribution in [0.15, 0.2) is 0 Å². The Balaban J connectivity index is 2.57. The van der Waals surface area contributed by atoms with Crippen LogP contribution in [0.3, 0.4) is 0 Å². The maximum Gasteiger partial charge on any atom is 0.410 e. The fraction of sp³-hybridized carbons (Fsp3) is 0.833. The second-order valence-electron chi connectivity index (χ2n) is 5.25. The third-order valence-electron chi connectivity index (χ3n) is 2.51. The van der Waals surface area contributed by atoms with Crippen molar-refractivity contribution in [3.63, 3.8) is 0 Å². The monoisotopic (exact) mass is 224 g/mol. The molecule has 1 fully saturated rings. The van der Waals surface area contributed by atoms with Crippen LogP contribution in [-0.4, -0.2) is 29.7 Å². The summed E-state index contributed by atoms with van der Waals surface area (Å²) in [5, 5.41) is 8.92. The van der Waals surface area contributed by atoms with E-state index in [0.29, 0.717) is 13.1 Å². The lowest BCUT2D eigenvalue weighted by atomic mass is 10.1. The maximum absolute atomic E-state index is 11.8. The highest BCUT2D eigenvalue weighted by Crippen LogP contribution is 2.18. The topological polar surface area (TPSA) is 53.3 Å². The summed E-state index contributed by atoms with van der Waals surface area (Å²) in [6, 6.07) is 2.24. The van der Waals surface area contributed by atoms with E-state index in [2.05, 4.69) is 6.07 Å². The number of carbonyl (C=O) groups excluding carboxylic acids is 1. The molecular formula is C12H20N2O2. The first-order valence-corrected chi connectivity index (χ1v) is 5.80. The number of likely N-dealkylation sites (tertiary alicyclic amines) is 1. The molecule has 90 valence electrons. The molecule has 1 heterocycles. The van der Waals surface area contributed by atoms with Crippen molar-refractivity contribution >= 4 is 6.09 Å². The number of carbonyl (C=O) groups is 1. The first-order valence-electron chi connectivity index (χ1n) is 5.80. The molecule has 1 aliphatic rings. The van der Waals surface area contributed by atoms with Gasteiger partial charge >= 0.3 is 6.09 Å². The van der Waals surface area contributed by atoms with Crippen LogP contribution in [-0.2, 0) is 4.74 Å². The predicted octanol–water partition coefficient (Wildman–Crippen LogP) is 2.55. The van der Waals surface area contributed by atoms with Crippen molar-refractivity contribution in [3.8, 4) is 6.07 Å². The highest BCUT2D eigenvalue weighted by molar-refractivity contribution is 5.68. The molecule has 1 atom stereocenters. The lowest BCUT2D eigenvalue weighted by Crippen LogP contribution is -2.38. The van der Waals surface area contributed by atoms with Crippen molar-refractivity contribution in [1.29, 1.82) is 5.26 Å². The molecule has 16 heavy (non-hydrogen) atoms. The predicted molar refractivity (Wildman–Crippen MR) is 60.8 cm³/mol. The van der Waals surface area contributed by atoms with Gasteiger partial charge in [0, 0.05) is 13.1 Å². The molecule has 0 spiro atoms. The van der Waals surface area contributed by atoms with Crippen LogP contribution in [0.4, 0.5) is 4.79 Å². The lowest BCUT2D eigenvalue weighted by Gasteiger charge is -2.27. The van der Waals surface area contributed by atoms with Crippen LogP contribution in [0.25, 0.3) is 0 Å². The van der Waals surface area contributed by atoms with Crippen molar-refractivity contribution in [2.24, 2.45) is 5.92 Å². The van der Waals surface area contributed by atoms with E-state index in [0.717, 1.165) is 19.3 Å². The van der Waals surface area contributed by atoms with Crippen LogP contribution in [0, 0.1) is 17.2 Å². The van der Waals surface area contributed by atoms with Gasteiger partial charge in [-0.2, -0.15) is 5.26 Å². The minimum Gasteiger partial charge on any atom is -0.444 e. The maximum atomic E-state index is 11.8. The summed E-state index contributed by atoms with van der Waals surface area (Å²) < 4.78 is 5.30. The quantitative estimate of drug-likeness (QED) is 0.635. The first-order chi connectivity index (χ1) is 7.42. The number of rotatable bonds is 0. The Morgan fingerprint density at radius 3 is 2.69 bits per heavy atom. The molecule has 1 amide bonds. The molecule has 0 N–H and O–H groups in total. The van der Waals surface area contributed by atoms with E-state index < -0.39 is 5.60 Å². The van der Waals surface area contributed by atoms with Gasteiger partial charge in [-0.05, 0) is 33.6 Å². The lowest BCUT2D eigenvalue weighted by molar-refractivity contribution is 0.0245. The molecular weight excluding hydrogens is 204 g/mol. The molecule has 0 bridgehead atoms. The van der Waals surface area contributed by atoms with Crippen LogP contribution in [0.1, 0.15) is 40.0 Å². The SMILES string of the molecule is CC(C)(C)OC(=O)N1CCCC[C@@H](C#N)C1. The number of hydrogen-bond acceptors (Lipinski definition) is 3. The van der Waals surface area contributed by atoms with Crippen LogP contribution >= 0.6 is 0 Å². The van der Waals surface area contributed by atoms with Crippen molar-refractivity contribution in [2.75, 3.05) is 13.1 Å². The zero-order chi connectivity index (χ0) is 12.2. The van der Waals surface area contributed by atoms with Crippen molar-refractivity contribution in [3.05, 3.63) is 0 Å². The van der Waals surface area contributed by atoms with E-state index in [4.69, 9.17) is 10.00 Å². The van der Waals surface area contributed by atoms with E-state index >= 15 is 0 Å². The Morgan fingerprint density at radius 2 is 2.12 bits per heavy atom. The van der Waals surface area contributed by atoms with Crippen LogP contribution in [0.2, 0.25) is 0 Å². The zero-order valence-electron chi connectivity index (χ0n) is 10.3. The molecule has 0 aliphatic carbocycles. The van der Waals surface area contributed by atoms with E-state index in [1.54, 1.807) is 4.90 Å². The number of nitrogens with zero attached hydrogens (tertiary/aromatic N) is 2. The van der Waals surface area contributed by atoms with Crippen LogP contribution in [0.5, 0.6) is 0 Å². The fourth-order valence-electron chi connectivity index (χ4n) is 1.74. The third-order valence-corrected chi connectivity index (χ3v) is 2.51. The van der Waals surface area contributed by atoms with Gasteiger partial charge in [0.05, 0.1) is 12.0 Å². The smallest absolute Gasteiger partial charge is 0.410 e. The highest BCUT2D eigenvalue weighted by Gasteiger charge is 2.26. The number of hydrogen-bond donors (Lipinski definition) is 0. The molecule has 0 aromatic carbocycles. The average Bonchev–Trinajstić information content (AvgIpc) is 2.39. The van der Waals surface area contributed by atoms with E-state index in [9.17, 15) is 4.79 Å². The van der Waals surface area contributed by atoms with Gasteiger partial charge in [0.2, 0.25) is 0 Å². The fourth-order valence-corrected chi connectivity index (χ4v) is 1.74. The molecule has 1 aliphatic heterocycles. The summed E-state index contributed by atoms with van der Waals surface area (Å²) in [5.74, 6) is -0.0463. The minimum atomic E-state index is -0.467. The Bertz CT molecular complexity index is 288. The Kier molecular flexibility index (Phi) is 4.17. The Morgan fingerprint density at radius 1 is 1.44 bits per heavy atom. The van der Waals surface area contributed by atoms with Gasteiger partial charge in [0.25, 0.3) is 0 Å². The molecule has 0 saturated carbocycles. The summed E-state index contributed by atoms with van der Waals surface area (Å²) >= 11 is 0. The summed E-state index contributed by atoms with van der Waals surface area (Å²) in [5.41, 5.74) is -0.467. The molecule has 1 saturated heterocycles. The Hall–Kier alpha value is -1.24. The van der Waals surface area contributed by atoms with Crippen LogP contribution < -0.4 is 0 Å². The van der Waals surface area contributed by atoms with Gasteiger partial charge in [-0.3, -0.25) is 0 Å². The highest BCUT2D eigenvalue weighted by atomic mass is 16.6. The molecule has 0 aromatic rings. The van der Waals surface area contributed by atoms with Gasteiger partial charge in [-0.25, -0.2) is 4.79 Å². The molecule has 0 aromatic heterocycles. The van der Waals surface area contributed by atoms with Crippen molar-refractivity contribution in [1.82, 2.24) is 4.90 Å². The van der Waals surface area contributed by atoms with Crippen molar-refractivity contribution < 1.29 is 9.53 Å². The molecule has 4 heteroatoms. The van der Waals surface area contributed by atoms with Gasteiger partial charge in [-0.1, -0.05) is 6.42 Å². The van der Waals surface area contributed by atoms with Gasteiger partial charge in [0.1, 0.15) is 5.60 Å². The standard InChI is InChI=1S/C12H20N2O2/c1-12(2,3)16-11(15)14-7-5-4-6-10(8-13)9-14/h10H,4-7,9H2,1-3H3/t10-/m0/s1. The summed E-state index contributed by atoms with van der Waals surface area (Å²) in [7, 11) is 0. The molecule has 1 rings (SSSR count). The number of nitriles is 1. The second-order valence-corrected chi connectivity index (χ2v) is 5.25. The second kappa shape index (κ2) is 5.20. The van der Waals surface area contributed by atoms with E-state index in [1.807, 2.05) is 20.8 Å². The van der Waals surface area contributed by atoms with Gasteiger partial charge in [-0.15, -0.1) is 0 Å². The van der Waals surface area contributed by atoms with E-state index in [-0.39, 0.29) is 12.0 Å². The largest absolute Gasteiger partial charge is 0.444 e. The molecule has 0 radical (unpaired) electrons. The van der Waals surface area contributed by atoms with Gasteiger partial charge < -0.3 is 9.64 Å². The number of ether oxygens (including phenoxy) is 1.